The van der Waals surface area contributed by atoms with Crippen LogP contribution in [0.15, 0.2) is 23.2 Å². The maximum atomic E-state index is 12.3. The second-order valence-electron chi connectivity index (χ2n) is 5.72. The van der Waals surface area contributed by atoms with Crippen molar-refractivity contribution in [3.05, 3.63) is 34.6 Å². The average molecular weight is 393 g/mol. The largest absolute Gasteiger partial charge is 0.506 e. The fourth-order valence-corrected chi connectivity index (χ4v) is 2.47. The van der Waals surface area contributed by atoms with Crippen molar-refractivity contribution in [3.63, 3.8) is 0 Å². The molecule has 10 N–H and O–H groups in total. The molecule has 0 saturated carbocycles. The van der Waals surface area contributed by atoms with Crippen LogP contribution in [0.3, 0.4) is 0 Å². The van der Waals surface area contributed by atoms with Crippen LogP contribution in [0.4, 0.5) is 17.3 Å². The van der Waals surface area contributed by atoms with Crippen molar-refractivity contribution in [2.75, 3.05) is 17.2 Å². The SMILES string of the molecule is CCCC(N=C(N)NC(=O)c1nc(Cl)c(N)nc1N)c1ccc(O)c(N)c1. The van der Waals surface area contributed by atoms with Gasteiger partial charge >= 0.3 is 0 Å². The minimum atomic E-state index is -0.719. The summed E-state index contributed by atoms with van der Waals surface area (Å²) in [6, 6.07) is 4.41. The van der Waals surface area contributed by atoms with E-state index in [2.05, 4.69) is 20.3 Å². The van der Waals surface area contributed by atoms with Crippen molar-refractivity contribution >= 4 is 40.8 Å². The summed E-state index contributed by atoms with van der Waals surface area (Å²) >= 11 is 5.77. The molecule has 0 aliphatic rings. The minimum absolute atomic E-state index is 0.0199. The number of halogens is 1. The number of phenolic OH excluding ortho intramolecular Hbond substituents is 1. The molecule has 0 radical (unpaired) electrons. The van der Waals surface area contributed by atoms with E-state index in [1.165, 1.54) is 6.07 Å². The van der Waals surface area contributed by atoms with Crippen LogP contribution in [0.1, 0.15) is 41.9 Å². The van der Waals surface area contributed by atoms with Gasteiger partial charge in [-0.05, 0) is 24.1 Å². The van der Waals surface area contributed by atoms with E-state index < -0.39 is 5.91 Å². The summed E-state index contributed by atoms with van der Waals surface area (Å²) in [4.78, 5) is 24.2. The predicted octanol–water partition coefficient (Wildman–Crippen LogP) is 1.17. The molecule has 2 rings (SSSR count). The molecule has 0 saturated heterocycles. The molecule has 1 atom stereocenters. The van der Waals surface area contributed by atoms with Gasteiger partial charge in [-0.15, -0.1) is 0 Å². The number of benzene rings is 1. The first-order chi connectivity index (χ1) is 12.7. The molecule has 27 heavy (non-hydrogen) atoms. The van der Waals surface area contributed by atoms with Gasteiger partial charge < -0.3 is 28.0 Å². The van der Waals surface area contributed by atoms with Gasteiger partial charge in [-0.1, -0.05) is 31.0 Å². The molecule has 0 aliphatic heterocycles. The summed E-state index contributed by atoms with van der Waals surface area (Å²) in [6.07, 6.45) is 1.46. The van der Waals surface area contributed by atoms with Crippen LogP contribution >= 0.6 is 11.6 Å². The zero-order chi connectivity index (χ0) is 20.1. The van der Waals surface area contributed by atoms with Crippen molar-refractivity contribution in [1.82, 2.24) is 15.3 Å². The van der Waals surface area contributed by atoms with E-state index in [-0.39, 0.29) is 45.9 Å². The van der Waals surface area contributed by atoms with Crippen molar-refractivity contribution in [2.24, 2.45) is 10.7 Å². The molecule has 1 heterocycles. The summed E-state index contributed by atoms with van der Waals surface area (Å²) in [5, 5.41) is 11.8. The molecular formula is C16H21ClN8O2. The van der Waals surface area contributed by atoms with Gasteiger partial charge in [0.05, 0.1) is 11.7 Å². The lowest BCUT2D eigenvalue weighted by atomic mass is 10.0. The number of nitrogens with two attached hydrogens (primary N) is 4. The van der Waals surface area contributed by atoms with Crippen LogP contribution in [0.5, 0.6) is 5.75 Å². The molecule has 1 amide bonds. The average Bonchev–Trinajstić information content (AvgIpc) is 2.60. The number of nitrogen functional groups attached to an aromatic ring is 3. The lowest BCUT2D eigenvalue weighted by Gasteiger charge is -2.15. The molecule has 1 aromatic heterocycles. The van der Waals surface area contributed by atoms with Crippen molar-refractivity contribution in [2.45, 2.75) is 25.8 Å². The number of amides is 1. The second kappa shape index (κ2) is 8.41. The molecule has 10 nitrogen and oxygen atoms in total. The maximum Gasteiger partial charge on any atom is 0.280 e. The summed E-state index contributed by atoms with van der Waals surface area (Å²) in [6.45, 7) is 1.98. The number of phenols is 1. The monoisotopic (exact) mass is 392 g/mol. The van der Waals surface area contributed by atoms with E-state index in [1.54, 1.807) is 12.1 Å². The van der Waals surface area contributed by atoms with Gasteiger partial charge in [-0.2, -0.15) is 0 Å². The number of anilines is 3. The molecule has 0 fully saturated rings. The quantitative estimate of drug-likeness (QED) is 0.189. The third-order valence-corrected chi connectivity index (χ3v) is 3.93. The maximum absolute atomic E-state index is 12.3. The van der Waals surface area contributed by atoms with Gasteiger partial charge in [0.1, 0.15) is 5.75 Å². The number of carbonyl (C=O) groups is 1. The van der Waals surface area contributed by atoms with Gasteiger partial charge in [0, 0.05) is 0 Å². The Kier molecular flexibility index (Phi) is 6.24. The predicted molar refractivity (Wildman–Crippen MR) is 105 cm³/mol. The molecule has 0 spiro atoms. The van der Waals surface area contributed by atoms with E-state index in [9.17, 15) is 9.90 Å². The highest BCUT2D eigenvalue weighted by Gasteiger charge is 2.18. The molecule has 2 aromatic rings. The summed E-state index contributed by atoms with van der Waals surface area (Å²) in [7, 11) is 0. The standard InChI is InChI=1S/C16H21ClN8O2/c1-2-3-9(7-4-5-10(26)8(18)6-7)22-16(21)25-15(27)11-13(19)24-14(20)12(17)23-11/h4-6,9,26H,2-3,18H2,1H3,(H4,19,20,24)(H3,21,22,25,27). The summed E-state index contributed by atoms with van der Waals surface area (Å²) in [5.41, 5.74) is 23.5. The first kappa shape index (κ1) is 20.0. The first-order valence-electron chi connectivity index (χ1n) is 8.04. The number of carbonyl (C=O) groups excluding carboxylic acids is 1. The number of hydrogen-bond donors (Lipinski definition) is 6. The Labute approximate surface area is 160 Å². The van der Waals surface area contributed by atoms with Gasteiger partial charge in [0.25, 0.3) is 5.91 Å². The third-order valence-electron chi connectivity index (χ3n) is 3.65. The van der Waals surface area contributed by atoms with Gasteiger partial charge in [0.2, 0.25) is 0 Å². The van der Waals surface area contributed by atoms with Crippen molar-refractivity contribution < 1.29 is 9.90 Å². The van der Waals surface area contributed by atoms with E-state index in [0.717, 1.165) is 12.0 Å². The molecule has 1 unspecified atom stereocenters. The van der Waals surface area contributed by atoms with Crippen LogP contribution in [0, 0.1) is 0 Å². The van der Waals surface area contributed by atoms with Gasteiger partial charge in [-0.25, -0.2) is 15.0 Å². The Hall–Kier alpha value is -3.27. The number of guanidine groups is 1. The fraction of sp³-hybridized carbons (Fsp3) is 0.250. The van der Waals surface area contributed by atoms with Gasteiger partial charge in [-0.3, -0.25) is 10.1 Å². The lowest BCUT2D eigenvalue weighted by molar-refractivity contribution is 0.0972. The molecule has 144 valence electrons. The van der Waals surface area contributed by atoms with Crippen LogP contribution in [0.25, 0.3) is 0 Å². The number of hydrogen-bond acceptors (Lipinski definition) is 8. The number of nitrogens with zero attached hydrogens (tertiary/aromatic N) is 3. The Morgan fingerprint density at radius 3 is 2.63 bits per heavy atom. The van der Waals surface area contributed by atoms with Crippen molar-refractivity contribution in [1.29, 1.82) is 0 Å². The highest BCUT2D eigenvalue weighted by atomic mass is 35.5. The molecule has 0 bridgehead atoms. The molecule has 11 heteroatoms. The smallest absolute Gasteiger partial charge is 0.280 e. The zero-order valence-electron chi connectivity index (χ0n) is 14.6. The highest BCUT2D eigenvalue weighted by molar-refractivity contribution is 6.31. The number of aromatic nitrogens is 2. The Bertz CT molecular complexity index is 887. The van der Waals surface area contributed by atoms with Crippen LogP contribution in [-0.2, 0) is 0 Å². The second-order valence-corrected chi connectivity index (χ2v) is 6.08. The summed E-state index contributed by atoms with van der Waals surface area (Å²) < 4.78 is 0. The van der Waals surface area contributed by atoms with E-state index in [1.807, 2.05) is 6.92 Å². The van der Waals surface area contributed by atoms with E-state index in [0.29, 0.717) is 6.42 Å². The Morgan fingerprint density at radius 1 is 1.30 bits per heavy atom. The van der Waals surface area contributed by atoms with E-state index >= 15 is 0 Å². The van der Waals surface area contributed by atoms with Crippen LogP contribution < -0.4 is 28.3 Å². The summed E-state index contributed by atoms with van der Waals surface area (Å²) in [5.74, 6) is -1.14. The molecule has 1 aromatic carbocycles. The van der Waals surface area contributed by atoms with Crippen LogP contribution in [0.2, 0.25) is 5.15 Å². The first-order valence-corrected chi connectivity index (χ1v) is 8.42. The number of nitrogens with one attached hydrogen (secondary N) is 1. The number of rotatable bonds is 5. The van der Waals surface area contributed by atoms with E-state index in [4.69, 9.17) is 34.5 Å². The number of aromatic hydroxyl groups is 1. The third kappa shape index (κ3) is 4.88. The molecular weight excluding hydrogens is 372 g/mol. The number of aliphatic imine (C=N–C) groups is 1. The van der Waals surface area contributed by atoms with Crippen molar-refractivity contribution in [3.8, 4) is 5.75 Å². The Balaban J connectivity index is 2.24. The lowest BCUT2D eigenvalue weighted by Crippen LogP contribution is -2.38. The minimum Gasteiger partial charge on any atom is -0.506 e. The fourth-order valence-electron chi connectivity index (χ4n) is 2.34. The molecule has 0 aliphatic carbocycles. The Morgan fingerprint density at radius 2 is 2.00 bits per heavy atom. The highest BCUT2D eigenvalue weighted by Crippen LogP contribution is 2.28. The normalized spacial score (nSPS) is 12.6. The topological polar surface area (TPSA) is 192 Å². The van der Waals surface area contributed by atoms with Gasteiger partial charge in [0.15, 0.2) is 28.4 Å². The van der Waals surface area contributed by atoms with Crippen LogP contribution in [-0.4, -0.2) is 26.9 Å². The zero-order valence-corrected chi connectivity index (χ0v) is 15.4.